The van der Waals surface area contributed by atoms with E-state index >= 15 is 0 Å². The van der Waals surface area contributed by atoms with Crippen molar-refractivity contribution in [3.8, 4) is 0 Å². The van der Waals surface area contributed by atoms with Crippen molar-refractivity contribution in [1.29, 1.82) is 0 Å². The van der Waals surface area contributed by atoms with Crippen molar-refractivity contribution in [2.24, 2.45) is 11.8 Å². The lowest BCUT2D eigenvalue weighted by Crippen LogP contribution is -2.50. The third-order valence-corrected chi connectivity index (χ3v) is 4.00. The molecule has 1 aromatic rings. The van der Waals surface area contributed by atoms with Crippen LogP contribution in [0, 0.1) is 11.8 Å². The number of carboxylic acids is 1. The SMILES string of the molecule is COC(=O)C(C(=O)OC)[C@@H](C)[C@H](NC(=O)c1ccccc1NC(C)=O)C(=O)O. The molecule has 0 aliphatic rings. The molecule has 0 bridgehead atoms. The molecule has 0 fully saturated rings. The van der Waals surface area contributed by atoms with E-state index in [-0.39, 0.29) is 11.3 Å². The van der Waals surface area contributed by atoms with Gasteiger partial charge in [0.1, 0.15) is 6.04 Å². The van der Waals surface area contributed by atoms with E-state index in [0.29, 0.717) is 0 Å². The lowest BCUT2D eigenvalue weighted by atomic mass is 9.87. The van der Waals surface area contributed by atoms with E-state index in [1.165, 1.54) is 32.0 Å². The first kappa shape index (κ1) is 22.6. The van der Waals surface area contributed by atoms with E-state index in [2.05, 4.69) is 20.1 Å². The molecule has 28 heavy (non-hydrogen) atoms. The first-order valence-electron chi connectivity index (χ1n) is 8.20. The Bertz CT molecular complexity index is 761. The molecule has 152 valence electrons. The molecule has 10 nitrogen and oxygen atoms in total. The molecule has 0 saturated heterocycles. The molecular formula is C18H22N2O8. The Labute approximate surface area is 161 Å². The smallest absolute Gasteiger partial charge is 0.326 e. The average molecular weight is 394 g/mol. The van der Waals surface area contributed by atoms with Crippen LogP contribution in [-0.4, -0.2) is 55.1 Å². The number of aliphatic carboxylic acids is 1. The molecule has 3 N–H and O–H groups in total. The van der Waals surface area contributed by atoms with Crippen molar-refractivity contribution >= 4 is 35.4 Å². The molecule has 0 unspecified atom stereocenters. The van der Waals surface area contributed by atoms with Crippen molar-refractivity contribution in [3.05, 3.63) is 29.8 Å². The molecule has 0 aliphatic carbocycles. The fourth-order valence-corrected chi connectivity index (χ4v) is 2.59. The number of carboxylic acid groups (broad SMARTS) is 1. The molecule has 0 spiro atoms. The third kappa shape index (κ3) is 5.53. The Morgan fingerprint density at radius 2 is 1.54 bits per heavy atom. The van der Waals surface area contributed by atoms with E-state index in [4.69, 9.17) is 0 Å². The maximum Gasteiger partial charge on any atom is 0.326 e. The Balaban J connectivity index is 3.18. The molecule has 0 saturated carbocycles. The summed E-state index contributed by atoms with van der Waals surface area (Å²) in [6.45, 7) is 2.56. The zero-order chi connectivity index (χ0) is 21.4. The molecule has 2 atom stereocenters. The first-order chi connectivity index (χ1) is 13.1. The summed E-state index contributed by atoms with van der Waals surface area (Å²) in [5.74, 6) is -7.40. The Kier molecular flexibility index (Phi) is 8.11. The number of hydrogen-bond acceptors (Lipinski definition) is 7. The van der Waals surface area contributed by atoms with Gasteiger partial charge in [-0.05, 0) is 12.1 Å². The van der Waals surface area contributed by atoms with Crippen LogP contribution >= 0.6 is 0 Å². The molecule has 0 aliphatic heterocycles. The molecule has 0 heterocycles. The second-order valence-electron chi connectivity index (χ2n) is 5.90. The fraction of sp³-hybridized carbons (Fsp3) is 0.389. The van der Waals surface area contributed by atoms with Crippen molar-refractivity contribution < 1.29 is 38.6 Å². The highest BCUT2D eigenvalue weighted by atomic mass is 16.5. The van der Waals surface area contributed by atoms with Crippen LogP contribution in [0.4, 0.5) is 5.69 Å². The van der Waals surface area contributed by atoms with Gasteiger partial charge in [0.05, 0.1) is 25.5 Å². The predicted molar refractivity (Wildman–Crippen MR) is 96.3 cm³/mol. The Hall–Kier alpha value is -3.43. The summed E-state index contributed by atoms with van der Waals surface area (Å²) in [5.41, 5.74) is 0.200. The second-order valence-corrected chi connectivity index (χ2v) is 5.90. The molecule has 1 aromatic carbocycles. The number of rotatable bonds is 8. The third-order valence-electron chi connectivity index (χ3n) is 4.00. The summed E-state index contributed by atoms with van der Waals surface area (Å²) in [6.07, 6.45) is 0. The van der Waals surface area contributed by atoms with Crippen LogP contribution in [0.15, 0.2) is 24.3 Å². The molecule has 0 aromatic heterocycles. The van der Waals surface area contributed by atoms with Crippen molar-refractivity contribution in [1.82, 2.24) is 5.32 Å². The summed E-state index contributed by atoms with van der Waals surface area (Å²) in [5, 5.41) is 14.3. The van der Waals surface area contributed by atoms with E-state index in [0.717, 1.165) is 14.2 Å². The van der Waals surface area contributed by atoms with Gasteiger partial charge < -0.3 is 25.2 Å². The number of carbonyl (C=O) groups is 5. The van der Waals surface area contributed by atoms with E-state index in [9.17, 15) is 29.1 Å². The fourth-order valence-electron chi connectivity index (χ4n) is 2.59. The Morgan fingerprint density at radius 1 is 1.00 bits per heavy atom. The summed E-state index contributed by atoms with van der Waals surface area (Å²) in [7, 11) is 2.09. The number of hydrogen-bond donors (Lipinski definition) is 3. The van der Waals surface area contributed by atoms with Gasteiger partial charge in [-0.3, -0.25) is 19.2 Å². The van der Waals surface area contributed by atoms with Gasteiger partial charge in [-0.2, -0.15) is 0 Å². The van der Waals surface area contributed by atoms with Crippen LogP contribution in [0.25, 0.3) is 0 Å². The quantitative estimate of drug-likeness (QED) is 0.424. The van der Waals surface area contributed by atoms with Gasteiger partial charge in [0.25, 0.3) is 5.91 Å². The number of para-hydroxylation sites is 1. The monoisotopic (exact) mass is 394 g/mol. The van der Waals surface area contributed by atoms with Gasteiger partial charge in [0.15, 0.2) is 5.92 Å². The van der Waals surface area contributed by atoms with Gasteiger partial charge in [-0.15, -0.1) is 0 Å². The second kappa shape index (κ2) is 10.0. The highest BCUT2D eigenvalue weighted by molar-refractivity contribution is 6.04. The Morgan fingerprint density at radius 3 is 2.00 bits per heavy atom. The number of ether oxygens (including phenoxy) is 2. The van der Waals surface area contributed by atoms with Crippen molar-refractivity contribution in [2.45, 2.75) is 19.9 Å². The molecular weight excluding hydrogens is 372 g/mol. The number of amides is 2. The standard InChI is InChI=1S/C18H22N2O8/c1-9(13(17(25)27-3)18(26)28-4)14(16(23)24)20-15(22)11-7-5-6-8-12(11)19-10(2)21/h5-9,13-14H,1-4H3,(H,19,21)(H,20,22)(H,23,24)/t9-,14+/m1/s1. The maximum atomic E-state index is 12.6. The van der Waals surface area contributed by atoms with Gasteiger partial charge in [-0.25, -0.2) is 4.79 Å². The lowest BCUT2D eigenvalue weighted by molar-refractivity contribution is -0.162. The zero-order valence-electron chi connectivity index (χ0n) is 15.8. The largest absolute Gasteiger partial charge is 0.480 e. The van der Waals surface area contributed by atoms with Crippen LogP contribution in [0.5, 0.6) is 0 Å². The minimum absolute atomic E-state index is 0.0174. The van der Waals surface area contributed by atoms with E-state index in [1.807, 2.05) is 0 Å². The number of anilines is 1. The number of methoxy groups -OCH3 is 2. The highest BCUT2D eigenvalue weighted by Gasteiger charge is 2.42. The first-order valence-corrected chi connectivity index (χ1v) is 8.20. The highest BCUT2D eigenvalue weighted by Crippen LogP contribution is 2.21. The average Bonchev–Trinajstić information content (AvgIpc) is 2.65. The lowest BCUT2D eigenvalue weighted by Gasteiger charge is -2.26. The topological polar surface area (TPSA) is 148 Å². The zero-order valence-corrected chi connectivity index (χ0v) is 15.8. The van der Waals surface area contributed by atoms with Crippen LogP contribution in [0.3, 0.4) is 0 Å². The van der Waals surface area contributed by atoms with Crippen LogP contribution in [-0.2, 0) is 28.7 Å². The number of benzene rings is 1. The summed E-state index contributed by atoms with van der Waals surface area (Å²) >= 11 is 0. The van der Waals surface area contributed by atoms with Crippen LogP contribution in [0.1, 0.15) is 24.2 Å². The van der Waals surface area contributed by atoms with E-state index in [1.54, 1.807) is 6.07 Å². The number of carbonyl (C=O) groups excluding carboxylic acids is 4. The summed E-state index contributed by atoms with van der Waals surface area (Å²) < 4.78 is 9.09. The van der Waals surface area contributed by atoms with Gasteiger partial charge in [0, 0.05) is 12.8 Å². The van der Waals surface area contributed by atoms with Crippen LogP contribution < -0.4 is 10.6 Å². The molecule has 10 heteroatoms. The predicted octanol–water partition coefficient (Wildman–Crippen LogP) is 0.426. The molecule has 1 rings (SSSR count). The maximum absolute atomic E-state index is 12.6. The van der Waals surface area contributed by atoms with Crippen molar-refractivity contribution in [3.63, 3.8) is 0 Å². The normalized spacial score (nSPS) is 12.5. The number of esters is 2. The number of nitrogens with one attached hydrogen (secondary N) is 2. The minimum atomic E-state index is -1.61. The summed E-state index contributed by atoms with van der Waals surface area (Å²) in [4.78, 5) is 59.5. The molecule has 0 radical (unpaired) electrons. The summed E-state index contributed by atoms with van der Waals surface area (Å²) in [6, 6.07) is 4.37. The van der Waals surface area contributed by atoms with Crippen molar-refractivity contribution in [2.75, 3.05) is 19.5 Å². The minimum Gasteiger partial charge on any atom is -0.480 e. The van der Waals surface area contributed by atoms with Gasteiger partial charge in [0.2, 0.25) is 5.91 Å². The van der Waals surface area contributed by atoms with Crippen LogP contribution in [0.2, 0.25) is 0 Å². The van der Waals surface area contributed by atoms with Gasteiger partial charge >= 0.3 is 17.9 Å². The van der Waals surface area contributed by atoms with Gasteiger partial charge in [-0.1, -0.05) is 19.1 Å². The molecule has 2 amide bonds. The van der Waals surface area contributed by atoms with E-state index < -0.39 is 47.6 Å².